The number of hydrogen-bond acceptors (Lipinski definition) is 5. The summed E-state index contributed by atoms with van der Waals surface area (Å²) in [5.74, 6) is 0. The Bertz CT molecular complexity index is 661. The van der Waals surface area contributed by atoms with Crippen molar-refractivity contribution in [1.82, 2.24) is 4.47 Å². The van der Waals surface area contributed by atoms with Crippen molar-refractivity contribution in [3.63, 3.8) is 0 Å². The van der Waals surface area contributed by atoms with Crippen molar-refractivity contribution >= 4 is 15.7 Å². The van der Waals surface area contributed by atoms with E-state index in [1.54, 1.807) is 32.0 Å². The molecule has 1 aromatic rings. The fourth-order valence-electron chi connectivity index (χ4n) is 2.61. The van der Waals surface area contributed by atoms with Crippen LogP contribution >= 0.6 is 0 Å². The van der Waals surface area contributed by atoms with E-state index in [1.165, 1.54) is 6.07 Å². The van der Waals surface area contributed by atoms with Crippen LogP contribution in [0.3, 0.4) is 0 Å². The molecule has 1 aliphatic carbocycles. The summed E-state index contributed by atoms with van der Waals surface area (Å²) in [4.78, 5) is 5.95. The summed E-state index contributed by atoms with van der Waals surface area (Å²) >= 11 is 0. The summed E-state index contributed by atoms with van der Waals surface area (Å²) < 4.78 is 26.9. The second kappa shape index (κ2) is 7.77. The number of hydrogen-bond donors (Lipinski definition) is 1. The summed E-state index contributed by atoms with van der Waals surface area (Å²) in [5.41, 5.74) is 0.595. The van der Waals surface area contributed by atoms with Gasteiger partial charge >= 0.3 is 0 Å². The summed E-state index contributed by atoms with van der Waals surface area (Å²) in [5, 5.41) is 11.5. The first kappa shape index (κ1) is 17.7. The van der Waals surface area contributed by atoms with Crippen LogP contribution in [-0.4, -0.2) is 31.6 Å². The zero-order chi connectivity index (χ0) is 16.9. The van der Waals surface area contributed by atoms with Gasteiger partial charge in [-0.15, -0.1) is 0 Å². The van der Waals surface area contributed by atoms with Crippen LogP contribution in [0.1, 0.15) is 39.5 Å². The Morgan fingerprint density at radius 1 is 1.39 bits per heavy atom. The molecular formula is C16H23N3O3S. The van der Waals surface area contributed by atoms with Gasteiger partial charge in [0.05, 0.1) is 17.1 Å². The lowest BCUT2D eigenvalue weighted by molar-refractivity contribution is -0.146. The summed E-state index contributed by atoms with van der Waals surface area (Å²) in [7, 11) is -3.75. The molecular weight excluding hydrogens is 314 g/mol. The quantitative estimate of drug-likeness (QED) is 0.611. The van der Waals surface area contributed by atoms with Crippen molar-refractivity contribution in [3.8, 4) is 6.07 Å². The third-order valence-corrected chi connectivity index (χ3v) is 5.55. The van der Waals surface area contributed by atoms with Gasteiger partial charge in [-0.3, -0.25) is 4.84 Å². The standard InChI is InChI=1S/C16H23N3O3S/c1-13(2)19(22-15-7-3-4-8-15)23(20,21)16-9-5-6-14(12-16)18-11-10-17/h5-6,9,12-13,15,18H,3-4,7-8,11H2,1-2H3. The topological polar surface area (TPSA) is 82.4 Å². The Labute approximate surface area is 138 Å². The van der Waals surface area contributed by atoms with Gasteiger partial charge in [-0.1, -0.05) is 23.4 Å². The third kappa shape index (κ3) is 4.44. The van der Waals surface area contributed by atoms with Gasteiger partial charge in [-0.2, -0.15) is 5.26 Å². The van der Waals surface area contributed by atoms with Crippen molar-refractivity contribution in [1.29, 1.82) is 5.26 Å². The van der Waals surface area contributed by atoms with Crippen LogP contribution in [0.2, 0.25) is 0 Å². The molecule has 0 bridgehead atoms. The largest absolute Gasteiger partial charge is 0.372 e. The van der Waals surface area contributed by atoms with Crippen LogP contribution < -0.4 is 5.32 Å². The smallest absolute Gasteiger partial charge is 0.265 e. The highest BCUT2D eigenvalue weighted by molar-refractivity contribution is 7.89. The number of nitriles is 1. The summed E-state index contributed by atoms with van der Waals surface area (Å²) in [6.07, 6.45) is 3.89. The zero-order valence-corrected chi connectivity index (χ0v) is 14.3. The number of anilines is 1. The monoisotopic (exact) mass is 337 g/mol. The molecule has 0 spiro atoms. The van der Waals surface area contributed by atoms with E-state index in [-0.39, 0.29) is 23.6 Å². The highest BCUT2D eigenvalue weighted by Gasteiger charge is 2.32. The Morgan fingerprint density at radius 2 is 2.09 bits per heavy atom. The molecule has 7 heteroatoms. The van der Waals surface area contributed by atoms with Gasteiger partial charge in [0.1, 0.15) is 6.54 Å². The molecule has 1 N–H and O–H groups in total. The molecule has 1 saturated carbocycles. The SMILES string of the molecule is CC(C)N(OC1CCCC1)S(=O)(=O)c1cccc(NCC#N)c1. The minimum absolute atomic E-state index is 0.0351. The number of hydroxylamine groups is 1. The van der Waals surface area contributed by atoms with Gasteiger partial charge in [0.2, 0.25) is 0 Å². The first-order valence-electron chi connectivity index (χ1n) is 7.87. The lowest BCUT2D eigenvalue weighted by Gasteiger charge is -2.28. The van der Waals surface area contributed by atoms with Gasteiger partial charge in [0, 0.05) is 11.7 Å². The Morgan fingerprint density at radius 3 is 2.70 bits per heavy atom. The molecule has 2 rings (SSSR count). The van der Waals surface area contributed by atoms with E-state index in [0.717, 1.165) is 30.2 Å². The lowest BCUT2D eigenvalue weighted by atomic mass is 10.3. The second-order valence-corrected chi connectivity index (χ2v) is 7.69. The van der Waals surface area contributed by atoms with E-state index < -0.39 is 10.0 Å². The maximum Gasteiger partial charge on any atom is 0.265 e. The summed E-state index contributed by atoms with van der Waals surface area (Å²) in [6.45, 7) is 3.71. The number of benzene rings is 1. The van der Waals surface area contributed by atoms with E-state index in [1.807, 2.05) is 6.07 Å². The molecule has 0 aromatic heterocycles. The lowest BCUT2D eigenvalue weighted by Crippen LogP contribution is -2.39. The normalized spacial score (nSPS) is 16.0. The molecule has 0 unspecified atom stereocenters. The molecule has 0 atom stereocenters. The number of rotatable bonds is 7. The molecule has 0 saturated heterocycles. The first-order chi connectivity index (χ1) is 10.9. The van der Waals surface area contributed by atoms with E-state index in [2.05, 4.69) is 5.32 Å². The van der Waals surface area contributed by atoms with E-state index in [4.69, 9.17) is 10.1 Å². The second-order valence-electron chi connectivity index (χ2n) is 5.91. The minimum Gasteiger partial charge on any atom is -0.372 e. The van der Waals surface area contributed by atoms with Crippen LogP contribution in [0.4, 0.5) is 5.69 Å². The van der Waals surface area contributed by atoms with E-state index in [9.17, 15) is 8.42 Å². The van der Waals surface area contributed by atoms with Crippen molar-refractivity contribution in [2.45, 2.75) is 56.6 Å². The van der Waals surface area contributed by atoms with Crippen molar-refractivity contribution < 1.29 is 13.3 Å². The number of sulfonamides is 1. The summed E-state index contributed by atoms with van der Waals surface area (Å²) in [6, 6.07) is 8.13. The average molecular weight is 337 g/mol. The van der Waals surface area contributed by atoms with Crippen molar-refractivity contribution in [2.75, 3.05) is 11.9 Å². The molecule has 0 amide bonds. The predicted molar refractivity (Wildman–Crippen MR) is 88.0 cm³/mol. The van der Waals surface area contributed by atoms with Gasteiger partial charge in [-0.25, -0.2) is 8.42 Å². The zero-order valence-electron chi connectivity index (χ0n) is 13.5. The van der Waals surface area contributed by atoms with Gasteiger partial charge in [0.15, 0.2) is 0 Å². The predicted octanol–water partition coefficient (Wildman–Crippen LogP) is 2.90. The molecule has 23 heavy (non-hydrogen) atoms. The fourth-order valence-corrected chi connectivity index (χ4v) is 4.13. The Kier molecular flexibility index (Phi) is 5.99. The molecule has 1 aromatic carbocycles. The van der Waals surface area contributed by atoms with E-state index in [0.29, 0.717) is 5.69 Å². The van der Waals surface area contributed by atoms with Crippen LogP contribution in [0.5, 0.6) is 0 Å². The highest BCUT2D eigenvalue weighted by Crippen LogP contribution is 2.27. The molecule has 0 radical (unpaired) electrons. The molecule has 1 fully saturated rings. The van der Waals surface area contributed by atoms with Crippen LogP contribution in [-0.2, 0) is 14.9 Å². The maximum absolute atomic E-state index is 12.9. The van der Waals surface area contributed by atoms with Gasteiger partial charge < -0.3 is 5.32 Å². The third-order valence-electron chi connectivity index (χ3n) is 3.72. The number of nitrogens with zero attached hydrogens (tertiary/aromatic N) is 2. The first-order valence-corrected chi connectivity index (χ1v) is 9.31. The molecule has 0 heterocycles. The van der Waals surface area contributed by atoms with E-state index >= 15 is 0 Å². The highest BCUT2D eigenvalue weighted by atomic mass is 32.2. The van der Waals surface area contributed by atoms with Crippen molar-refractivity contribution in [3.05, 3.63) is 24.3 Å². The number of nitrogens with one attached hydrogen (secondary N) is 1. The Hall–Kier alpha value is -1.62. The van der Waals surface area contributed by atoms with Crippen LogP contribution in [0.25, 0.3) is 0 Å². The average Bonchev–Trinajstić information content (AvgIpc) is 3.03. The molecule has 0 aliphatic heterocycles. The molecule has 6 nitrogen and oxygen atoms in total. The van der Waals surface area contributed by atoms with Gasteiger partial charge in [0.25, 0.3) is 10.0 Å². The molecule has 1 aliphatic rings. The van der Waals surface area contributed by atoms with Crippen molar-refractivity contribution in [2.24, 2.45) is 0 Å². The molecule has 126 valence electrons. The maximum atomic E-state index is 12.9. The van der Waals surface area contributed by atoms with Crippen LogP contribution in [0, 0.1) is 11.3 Å². The van der Waals surface area contributed by atoms with Crippen LogP contribution in [0.15, 0.2) is 29.2 Å². The van der Waals surface area contributed by atoms with Gasteiger partial charge in [-0.05, 0) is 44.9 Å². The minimum atomic E-state index is -3.75. The fraction of sp³-hybridized carbons (Fsp3) is 0.562. The Balaban J connectivity index is 2.24.